The Bertz CT molecular complexity index is 944. The van der Waals surface area contributed by atoms with Crippen molar-refractivity contribution in [1.29, 1.82) is 0 Å². The topological polar surface area (TPSA) is 38.3 Å². The van der Waals surface area contributed by atoms with Crippen LogP contribution in [0.15, 0.2) is 54.6 Å². The molecule has 0 heterocycles. The van der Waals surface area contributed by atoms with Gasteiger partial charge in [-0.2, -0.15) is 11.8 Å². The van der Waals surface area contributed by atoms with Gasteiger partial charge >= 0.3 is 0 Å². The predicted molar refractivity (Wildman–Crippen MR) is 110 cm³/mol. The van der Waals surface area contributed by atoms with Crippen molar-refractivity contribution in [2.45, 2.75) is 5.75 Å². The van der Waals surface area contributed by atoms with Crippen LogP contribution in [0.25, 0.3) is 10.8 Å². The molecule has 1 amide bonds. The van der Waals surface area contributed by atoms with Crippen LogP contribution < -0.4 is 10.1 Å². The molecule has 0 radical (unpaired) electrons. The molecule has 0 fully saturated rings. The molecule has 0 spiro atoms. The van der Waals surface area contributed by atoms with Crippen LogP contribution >= 0.6 is 23.4 Å². The van der Waals surface area contributed by atoms with Gasteiger partial charge < -0.3 is 10.1 Å². The minimum absolute atomic E-state index is 0.192. The third kappa shape index (κ3) is 4.73. The summed E-state index contributed by atoms with van der Waals surface area (Å²) in [7, 11) is 1.55. The molecule has 0 bridgehead atoms. The van der Waals surface area contributed by atoms with Crippen LogP contribution in [0, 0.1) is 5.82 Å². The number of ether oxygens (including phenoxy) is 1. The number of rotatable bonds is 7. The zero-order valence-corrected chi connectivity index (χ0v) is 16.4. The Hall–Kier alpha value is -2.24. The van der Waals surface area contributed by atoms with Gasteiger partial charge in [0, 0.05) is 28.6 Å². The van der Waals surface area contributed by atoms with Gasteiger partial charge in [0.1, 0.15) is 11.6 Å². The number of benzene rings is 3. The summed E-state index contributed by atoms with van der Waals surface area (Å²) in [4.78, 5) is 12.5. The second-order valence-electron chi connectivity index (χ2n) is 5.91. The fourth-order valence-electron chi connectivity index (χ4n) is 2.74. The summed E-state index contributed by atoms with van der Waals surface area (Å²) in [5.74, 6) is 1.14. The lowest BCUT2D eigenvalue weighted by Gasteiger charge is -2.11. The number of nitrogens with one attached hydrogen (secondary N) is 1. The number of halogens is 2. The first-order valence-electron chi connectivity index (χ1n) is 8.45. The zero-order chi connectivity index (χ0) is 19.2. The van der Waals surface area contributed by atoms with E-state index >= 15 is 0 Å². The van der Waals surface area contributed by atoms with E-state index < -0.39 is 0 Å². The molecular formula is C21H19ClFNO2S. The second-order valence-corrected chi connectivity index (χ2v) is 7.42. The van der Waals surface area contributed by atoms with Crippen molar-refractivity contribution < 1.29 is 13.9 Å². The van der Waals surface area contributed by atoms with Gasteiger partial charge in [0.2, 0.25) is 0 Å². The highest BCUT2D eigenvalue weighted by atomic mass is 35.5. The first-order chi connectivity index (χ1) is 13.1. The highest BCUT2D eigenvalue weighted by Crippen LogP contribution is 2.26. The van der Waals surface area contributed by atoms with E-state index in [-0.39, 0.29) is 11.7 Å². The van der Waals surface area contributed by atoms with Crippen molar-refractivity contribution >= 4 is 40.0 Å². The molecule has 3 nitrogen and oxygen atoms in total. The average Bonchev–Trinajstić information content (AvgIpc) is 2.68. The van der Waals surface area contributed by atoms with E-state index in [0.717, 1.165) is 10.8 Å². The summed E-state index contributed by atoms with van der Waals surface area (Å²) >= 11 is 7.53. The number of carbonyl (C=O) groups is 1. The Morgan fingerprint density at radius 3 is 2.59 bits per heavy atom. The number of thioether (sulfide) groups is 1. The fourth-order valence-corrected chi connectivity index (χ4v) is 3.94. The lowest BCUT2D eigenvalue weighted by molar-refractivity contribution is 0.0953. The van der Waals surface area contributed by atoms with E-state index in [1.165, 1.54) is 17.8 Å². The third-order valence-corrected chi connectivity index (χ3v) is 5.49. The Balaban J connectivity index is 1.57. The van der Waals surface area contributed by atoms with E-state index in [4.69, 9.17) is 16.3 Å². The van der Waals surface area contributed by atoms with Gasteiger partial charge in [-0.25, -0.2) is 4.39 Å². The molecule has 0 saturated heterocycles. The maximum absolute atomic E-state index is 13.7. The molecule has 0 saturated carbocycles. The Morgan fingerprint density at radius 2 is 1.89 bits per heavy atom. The minimum atomic E-state index is -0.306. The van der Waals surface area contributed by atoms with Crippen molar-refractivity contribution in [1.82, 2.24) is 5.32 Å². The smallest absolute Gasteiger partial charge is 0.255 e. The molecule has 0 aliphatic carbocycles. The van der Waals surface area contributed by atoms with Crippen molar-refractivity contribution in [3.8, 4) is 5.75 Å². The van der Waals surface area contributed by atoms with Crippen molar-refractivity contribution in [3.05, 3.63) is 76.6 Å². The summed E-state index contributed by atoms with van der Waals surface area (Å²) < 4.78 is 19.1. The quantitative estimate of drug-likeness (QED) is 0.544. The van der Waals surface area contributed by atoms with Gasteiger partial charge in [-0.05, 0) is 35.0 Å². The summed E-state index contributed by atoms with van der Waals surface area (Å²) in [5, 5.41) is 5.31. The number of methoxy groups -OCH3 is 1. The van der Waals surface area contributed by atoms with E-state index in [9.17, 15) is 9.18 Å². The van der Waals surface area contributed by atoms with Gasteiger partial charge in [0.05, 0.1) is 12.7 Å². The molecule has 0 unspecified atom stereocenters. The number of hydrogen-bond acceptors (Lipinski definition) is 3. The molecule has 3 aromatic rings. The van der Waals surface area contributed by atoms with E-state index in [1.54, 1.807) is 19.2 Å². The van der Waals surface area contributed by atoms with E-state index in [2.05, 4.69) is 5.32 Å². The minimum Gasteiger partial charge on any atom is -0.496 e. The monoisotopic (exact) mass is 403 g/mol. The summed E-state index contributed by atoms with van der Waals surface area (Å²) in [6.07, 6.45) is 0. The molecule has 0 aliphatic heterocycles. The third-order valence-electron chi connectivity index (χ3n) is 4.15. The van der Waals surface area contributed by atoms with Gasteiger partial charge in [-0.1, -0.05) is 41.9 Å². The SMILES string of the molecule is COc1cc2ccccc2cc1C(=O)NCCSCc1c(F)cccc1Cl. The van der Waals surface area contributed by atoms with Gasteiger partial charge in [0.25, 0.3) is 5.91 Å². The molecule has 3 rings (SSSR count). The molecular weight excluding hydrogens is 385 g/mol. The summed E-state index contributed by atoms with van der Waals surface area (Å²) in [6.45, 7) is 0.464. The van der Waals surface area contributed by atoms with Crippen LogP contribution in [0.2, 0.25) is 5.02 Å². The number of amides is 1. The Labute approximate surface area is 166 Å². The number of hydrogen-bond donors (Lipinski definition) is 1. The van der Waals surface area contributed by atoms with Gasteiger partial charge in [-0.3, -0.25) is 4.79 Å². The molecule has 0 aliphatic rings. The van der Waals surface area contributed by atoms with E-state index in [1.807, 2.05) is 36.4 Å². The number of carbonyl (C=O) groups excluding carboxylic acids is 1. The van der Waals surface area contributed by atoms with Gasteiger partial charge in [-0.15, -0.1) is 0 Å². The first-order valence-corrected chi connectivity index (χ1v) is 9.99. The first kappa shape index (κ1) is 19.5. The molecule has 0 atom stereocenters. The van der Waals surface area contributed by atoms with Crippen LogP contribution in [0.1, 0.15) is 15.9 Å². The van der Waals surface area contributed by atoms with Crippen molar-refractivity contribution in [3.63, 3.8) is 0 Å². The fraction of sp³-hybridized carbons (Fsp3) is 0.190. The van der Waals surface area contributed by atoms with Crippen LogP contribution in [0.3, 0.4) is 0 Å². The summed E-state index contributed by atoms with van der Waals surface area (Å²) in [5.41, 5.74) is 0.991. The largest absolute Gasteiger partial charge is 0.496 e. The highest BCUT2D eigenvalue weighted by Gasteiger charge is 2.13. The molecule has 27 heavy (non-hydrogen) atoms. The van der Waals surface area contributed by atoms with E-state index in [0.29, 0.717) is 39.9 Å². The summed E-state index contributed by atoms with van der Waals surface area (Å²) in [6, 6.07) is 16.2. The molecule has 1 N–H and O–H groups in total. The molecule has 3 aromatic carbocycles. The molecule has 140 valence electrons. The van der Waals surface area contributed by atoms with Crippen molar-refractivity contribution in [2.75, 3.05) is 19.4 Å². The van der Waals surface area contributed by atoms with Crippen LogP contribution in [0.5, 0.6) is 5.75 Å². The van der Waals surface area contributed by atoms with Crippen LogP contribution in [-0.2, 0) is 5.75 Å². The van der Waals surface area contributed by atoms with Crippen LogP contribution in [0.4, 0.5) is 4.39 Å². The highest BCUT2D eigenvalue weighted by molar-refractivity contribution is 7.98. The lowest BCUT2D eigenvalue weighted by Crippen LogP contribution is -2.26. The van der Waals surface area contributed by atoms with Crippen LogP contribution in [-0.4, -0.2) is 25.3 Å². The molecule has 0 aromatic heterocycles. The predicted octanol–water partition coefficient (Wildman–Crippen LogP) is 5.30. The Kier molecular flexibility index (Phi) is 6.58. The molecule has 6 heteroatoms. The van der Waals surface area contributed by atoms with Gasteiger partial charge in [0.15, 0.2) is 0 Å². The second kappa shape index (κ2) is 9.11. The maximum atomic E-state index is 13.7. The zero-order valence-electron chi connectivity index (χ0n) is 14.8. The normalized spacial score (nSPS) is 10.8. The lowest BCUT2D eigenvalue weighted by atomic mass is 10.1. The standard InChI is InChI=1S/C21H19ClFNO2S/c1-26-20-12-15-6-3-2-5-14(15)11-16(20)21(25)24-9-10-27-13-17-18(22)7-4-8-19(17)23/h2-8,11-12H,9-10,13H2,1H3,(H,24,25). The average molecular weight is 404 g/mol. The van der Waals surface area contributed by atoms with Crippen molar-refractivity contribution in [2.24, 2.45) is 0 Å². The number of fused-ring (bicyclic) bond motifs is 1. The Morgan fingerprint density at radius 1 is 1.15 bits per heavy atom. The maximum Gasteiger partial charge on any atom is 0.255 e.